The number of nitrogens with zero attached hydrogens (tertiary/aromatic N) is 3. The Bertz CT molecular complexity index is 1590. The molecule has 0 bridgehead atoms. The summed E-state index contributed by atoms with van der Waals surface area (Å²) in [5.74, 6) is 1.28. The predicted octanol–water partition coefficient (Wildman–Crippen LogP) is 5.42. The van der Waals surface area contributed by atoms with Gasteiger partial charge in [0.2, 0.25) is 5.52 Å². The molecule has 174 valence electrons. The molecule has 6 nitrogen and oxygen atoms in total. The molecule has 6 rings (SSSR count). The molecule has 0 saturated heterocycles. The minimum Gasteiger partial charge on any atom is -0.587 e. The summed E-state index contributed by atoms with van der Waals surface area (Å²) in [7, 11) is 2.04. The molecule has 0 atom stereocenters. The molecule has 0 aliphatic heterocycles. The second-order valence-corrected chi connectivity index (χ2v) is 9.85. The Morgan fingerprint density at radius 2 is 1.22 bits per heavy atom. The molecule has 0 aliphatic rings. The highest BCUT2D eigenvalue weighted by atomic mass is 27.3. The molecular weight excluding hydrogens is 465 g/mol. The van der Waals surface area contributed by atoms with Crippen molar-refractivity contribution in [3.05, 3.63) is 115 Å². The smallest absolute Gasteiger partial charge is 0.587 e. The van der Waals surface area contributed by atoms with Gasteiger partial charge in [0.05, 0.1) is 6.61 Å². The number of benzene rings is 3. The zero-order chi connectivity index (χ0) is 24.3. The molecule has 0 saturated carbocycles. The summed E-state index contributed by atoms with van der Waals surface area (Å²) in [6, 6.07) is 30.0. The van der Waals surface area contributed by atoms with E-state index >= 15 is 0 Å². The first kappa shape index (κ1) is 22.4. The van der Waals surface area contributed by atoms with Crippen LogP contribution in [0.15, 0.2) is 110 Å². The molecule has 0 N–H and O–H groups in total. The first-order chi connectivity index (χ1) is 17.8. The Balaban J connectivity index is 1.36. The molecule has 0 radical (unpaired) electrons. The van der Waals surface area contributed by atoms with Gasteiger partial charge in [-0.25, -0.2) is 4.57 Å². The standard InChI is InChI=1S/C11H11NO.2C9H7NO.Al/c1-12-7-3-6-9-4-2-5-10(8-13)11(9)12;2*11-8-5-1-3-7-4-2-6-10-9(7)8;/h2-7H,8H2,1H3;2*1-6,11H;/q;;;+3/p-2. The Hall–Kier alpha value is -4.02. The molecule has 7 heteroatoms. The summed E-state index contributed by atoms with van der Waals surface area (Å²) in [4.78, 5) is 9.06. The van der Waals surface area contributed by atoms with Gasteiger partial charge in [0, 0.05) is 40.2 Å². The first-order valence-corrected chi connectivity index (χ1v) is 13.2. The van der Waals surface area contributed by atoms with E-state index < -0.39 is 15.1 Å². The number of rotatable bonds is 7. The van der Waals surface area contributed by atoms with Crippen molar-refractivity contribution in [1.82, 2.24) is 9.97 Å². The van der Waals surface area contributed by atoms with E-state index in [1.165, 1.54) is 0 Å². The average molecular weight is 489 g/mol. The van der Waals surface area contributed by atoms with Gasteiger partial charge in [-0.3, -0.25) is 9.97 Å². The number of fused-ring (bicyclic) bond motifs is 3. The Morgan fingerprint density at radius 1 is 0.667 bits per heavy atom. The Kier molecular flexibility index (Phi) is 6.19. The van der Waals surface area contributed by atoms with Gasteiger partial charge in [0.15, 0.2) is 6.20 Å². The number of hydrogen-bond donors (Lipinski definition) is 0. The highest BCUT2D eigenvalue weighted by Gasteiger charge is 2.41. The molecule has 3 aromatic heterocycles. The summed E-state index contributed by atoms with van der Waals surface area (Å²) < 4.78 is 21.4. The van der Waals surface area contributed by atoms with Crippen molar-refractivity contribution in [3.63, 3.8) is 0 Å². The van der Waals surface area contributed by atoms with Gasteiger partial charge in [-0.15, -0.1) is 0 Å². The summed E-state index contributed by atoms with van der Waals surface area (Å²) in [5.41, 5.74) is 3.73. The normalized spacial score (nSPS) is 11.1. The number of aryl methyl sites for hydroxylation is 1. The Labute approximate surface area is 213 Å². The zero-order valence-corrected chi connectivity index (χ0v) is 20.9. The third-order valence-corrected chi connectivity index (χ3v) is 7.43. The molecule has 0 amide bonds. The van der Waals surface area contributed by atoms with Crippen LogP contribution in [0.1, 0.15) is 5.56 Å². The van der Waals surface area contributed by atoms with E-state index in [1.54, 1.807) is 12.4 Å². The van der Waals surface area contributed by atoms with Gasteiger partial charge in [0.25, 0.3) is 0 Å². The first-order valence-electron chi connectivity index (χ1n) is 11.7. The molecule has 36 heavy (non-hydrogen) atoms. The van der Waals surface area contributed by atoms with Crippen molar-refractivity contribution in [1.29, 1.82) is 0 Å². The molecule has 0 spiro atoms. The van der Waals surface area contributed by atoms with Crippen LogP contribution in [-0.2, 0) is 17.4 Å². The zero-order valence-electron chi connectivity index (χ0n) is 19.7. The van der Waals surface area contributed by atoms with Gasteiger partial charge < -0.3 is 11.4 Å². The average Bonchev–Trinajstić information content (AvgIpc) is 2.92. The molecule has 0 unspecified atom stereocenters. The van der Waals surface area contributed by atoms with Gasteiger partial charge >= 0.3 is 15.1 Å². The fraction of sp³-hybridized carbons (Fsp3) is 0.0690. The molecular formula is C29H23AlN3O3+. The monoisotopic (exact) mass is 488 g/mol. The van der Waals surface area contributed by atoms with Crippen molar-refractivity contribution >= 4 is 47.9 Å². The summed E-state index contributed by atoms with van der Waals surface area (Å²) >= 11 is -2.76. The molecule has 3 aromatic carbocycles. The van der Waals surface area contributed by atoms with Crippen LogP contribution in [-0.4, -0.2) is 25.1 Å². The minimum atomic E-state index is -2.76. The summed E-state index contributed by atoms with van der Waals surface area (Å²) in [6.07, 6.45) is 5.56. The molecule has 0 aliphatic carbocycles. The topological polar surface area (TPSA) is 57.4 Å². The minimum absolute atomic E-state index is 0.350. The number of hydrogen-bond acceptors (Lipinski definition) is 5. The maximum atomic E-state index is 6.44. The number of aromatic nitrogens is 3. The van der Waals surface area contributed by atoms with Gasteiger partial charge in [-0.2, -0.15) is 0 Å². The van der Waals surface area contributed by atoms with Crippen LogP contribution < -0.4 is 12.1 Å². The van der Waals surface area contributed by atoms with E-state index in [0.29, 0.717) is 18.1 Å². The molecule has 6 aromatic rings. The van der Waals surface area contributed by atoms with Gasteiger partial charge in [-0.05, 0) is 36.4 Å². The number of pyridine rings is 3. The van der Waals surface area contributed by atoms with Crippen LogP contribution in [0.4, 0.5) is 0 Å². The summed E-state index contributed by atoms with van der Waals surface area (Å²) in [6.45, 7) is 0.350. The van der Waals surface area contributed by atoms with E-state index in [0.717, 1.165) is 38.3 Å². The molecule has 0 fully saturated rings. The van der Waals surface area contributed by atoms with Crippen LogP contribution in [0.2, 0.25) is 0 Å². The highest BCUT2D eigenvalue weighted by Crippen LogP contribution is 2.27. The summed E-state index contributed by atoms with van der Waals surface area (Å²) in [5, 5.41) is 3.14. The van der Waals surface area contributed by atoms with E-state index in [-0.39, 0.29) is 0 Å². The third-order valence-electron chi connectivity index (χ3n) is 6.10. The molecule has 3 heterocycles. The maximum Gasteiger partial charge on any atom is 1.10 e. The lowest BCUT2D eigenvalue weighted by Crippen LogP contribution is -2.34. The second-order valence-electron chi connectivity index (χ2n) is 8.47. The Morgan fingerprint density at radius 3 is 1.89 bits per heavy atom. The van der Waals surface area contributed by atoms with Crippen molar-refractivity contribution in [2.24, 2.45) is 7.05 Å². The van der Waals surface area contributed by atoms with Crippen LogP contribution in [0, 0.1) is 0 Å². The largest absolute Gasteiger partial charge is 1.10 e. The van der Waals surface area contributed by atoms with Crippen LogP contribution in [0.5, 0.6) is 11.5 Å². The van der Waals surface area contributed by atoms with Crippen LogP contribution in [0.25, 0.3) is 32.7 Å². The van der Waals surface area contributed by atoms with Crippen molar-refractivity contribution in [2.45, 2.75) is 6.61 Å². The lowest BCUT2D eigenvalue weighted by atomic mass is 10.1. The van der Waals surface area contributed by atoms with Crippen molar-refractivity contribution < 1.29 is 15.9 Å². The fourth-order valence-corrected chi connectivity index (χ4v) is 5.74. The van der Waals surface area contributed by atoms with Gasteiger partial charge in [0.1, 0.15) is 29.6 Å². The fourth-order valence-electron chi connectivity index (χ4n) is 4.44. The van der Waals surface area contributed by atoms with E-state index in [2.05, 4.69) is 32.7 Å². The van der Waals surface area contributed by atoms with Crippen LogP contribution in [0.3, 0.4) is 0 Å². The second kappa shape index (κ2) is 9.92. The lowest BCUT2D eigenvalue weighted by molar-refractivity contribution is -0.645. The lowest BCUT2D eigenvalue weighted by Gasteiger charge is -2.17. The number of para-hydroxylation sites is 3. The quantitative estimate of drug-likeness (QED) is 0.222. The van der Waals surface area contributed by atoms with E-state index in [1.807, 2.05) is 86.0 Å². The van der Waals surface area contributed by atoms with Crippen molar-refractivity contribution in [2.75, 3.05) is 0 Å². The third kappa shape index (κ3) is 4.48. The maximum absolute atomic E-state index is 6.44. The van der Waals surface area contributed by atoms with E-state index in [4.69, 9.17) is 11.4 Å². The SMILES string of the molecule is C[n+]1cccc2cccc(C[O][Al]([O]c3cccc4cccnc34)[O]c3cccc4cccnc34)c21. The van der Waals surface area contributed by atoms with Crippen LogP contribution >= 0.6 is 0 Å². The highest BCUT2D eigenvalue weighted by molar-refractivity contribution is 6.39. The van der Waals surface area contributed by atoms with Gasteiger partial charge in [-0.1, -0.05) is 48.5 Å². The predicted molar refractivity (Wildman–Crippen MR) is 140 cm³/mol. The van der Waals surface area contributed by atoms with Crippen molar-refractivity contribution in [3.8, 4) is 11.5 Å². The van der Waals surface area contributed by atoms with E-state index in [9.17, 15) is 0 Å².